The van der Waals surface area contributed by atoms with E-state index < -0.39 is 0 Å². The Morgan fingerprint density at radius 3 is 2.60 bits per heavy atom. The summed E-state index contributed by atoms with van der Waals surface area (Å²) in [6, 6.07) is 7.39. The van der Waals surface area contributed by atoms with Crippen molar-refractivity contribution < 1.29 is 0 Å². The van der Waals surface area contributed by atoms with Crippen LogP contribution in [0, 0.1) is 0 Å². The normalized spacial score (nSPS) is 14.4. The third-order valence-electron chi connectivity index (χ3n) is 5.45. The SMILES string of the molecule is Cn1c(=O)c2c(nc3n2CCN(Cc2cn(-c4ccc(Cl)cc4)nn2)C3)n(C)c1=O. The Balaban J connectivity index is 1.41. The fourth-order valence-electron chi connectivity index (χ4n) is 3.83. The molecule has 0 fully saturated rings. The zero-order valence-corrected chi connectivity index (χ0v) is 17.2. The van der Waals surface area contributed by atoms with E-state index in [2.05, 4.69) is 20.2 Å². The van der Waals surface area contributed by atoms with Gasteiger partial charge in [0.15, 0.2) is 11.2 Å². The molecule has 5 rings (SSSR count). The van der Waals surface area contributed by atoms with E-state index in [1.165, 1.54) is 11.6 Å². The Hall–Kier alpha value is -3.24. The molecule has 0 saturated carbocycles. The number of benzene rings is 1. The van der Waals surface area contributed by atoms with Gasteiger partial charge in [-0.15, -0.1) is 5.10 Å². The maximum absolute atomic E-state index is 12.6. The van der Waals surface area contributed by atoms with Crippen LogP contribution in [-0.4, -0.2) is 45.1 Å². The number of aromatic nitrogens is 7. The number of imidazole rings is 1. The molecule has 1 aliphatic heterocycles. The molecule has 0 unspecified atom stereocenters. The molecule has 0 spiro atoms. The van der Waals surface area contributed by atoms with Crippen molar-refractivity contribution in [1.29, 1.82) is 0 Å². The van der Waals surface area contributed by atoms with Gasteiger partial charge in [-0.1, -0.05) is 16.8 Å². The summed E-state index contributed by atoms with van der Waals surface area (Å²) in [4.78, 5) is 31.6. The smallest absolute Gasteiger partial charge is 0.320 e. The van der Waals surface area contributed by atoms with E-state index in [4.69, 9.17) is 11.6 Å². The van der Waals surface area contributed by atoms with Gasteiger partial charge in [0.1, 0.15) is 5.82 Å². The van der Waals surface area contributed by atoms with Crippen LogP contribution in [0.2, 0.25) is 5.02 Å². The number of hydrogen-bond acceptors (Lipinski definition) is 6. The van der Waals surface area contributed by atoms with Crippen LogP contribution in [-0.2, 0) is 33.7 Å². The van der Waals surface area contributed by atoms with E-state index in [0.717, 1.165) is 28.3 Å². The first-order chi connectivity index (χ1) is 14.4. The Morgan fingerprint density at radius 2 is 1.83 bits per heavy atom. The van der Waals surface area contributed by atoms with Gasteiger partial charge in [0, 0.05) is 38.8 Å². The molecule has 30 heavy (non-hydrogen) atoms. The molecule has 0 aliphatic carbocycles. The second-order valence-corrected chi connectivity index (χ2v) is 7.84. The van der Waals surface area contributed by atoms with Crippen molar-refractivity contribution in [1.82, 2.24) is 38.6 Å². The molecule has 0 saturated heterocycles. The first-order valence-electron chi connectivity index (χ1n) is 9.47. The number of nitrogens with zero attached hydrogens (tertiary/aromatic N) is 8. The number of fused-ring (bicyclic) bond motifs is 3. The van der Waals surface area contributed by atoms with Crippen molar-refractivity contribution in [2.75, 3.05) is 6.54 Å². The molecule has 10 nitrogen and oxygen atoms in total. The van der Waals surface area contributed by atoms with Crippen LogP contribution < -0.4 is 11.2 Å². The van der Waals surface area contributed by atoms with Crippen LogP contribution >= 0.6 is 11.6 Å². The molecular weight excluding hydrogens is 408 g/mol. The molecule has 3 aromatic heterocycles. The zero-order chi connectivity index (χ0) is 21.0. The van der Waals surface area contributed by atoms with E-state index in [9.17, 15) is 9.59 Å². The summed E-state index contributed by atoms with van der Waals surface area (Å²) in [5.74, 6) is 0.764. The molecule has 0 bridgehead atoms. The number of aryl methyl sites for hydroxylation is 1. The van der Waals surface area contributed by atoms with Gasteiger partial charge < -0.3 is 4.57 Å². The van der Waals surface area contributed by atoms with Gasteiger partial charge in [-0.3, -0.25) is 18.8 Å². The molecule has 0 radical (unpaired) electrons. The van der Waals surface area contributed by atoms with E-state index in [1.54, 1.807) is 11.7 Å². The van der Waals surface area contributed by atoms with E-state index >= 15 is 0 Å². The number of halogens is 1. The van der Waals surface area contributed by atoms with Crippen molar-refractivity contribution in [3.05, 3.63) is 67.8 Å². The van der Waals surface area contributed by atoms with Gasteiger partial charge >= 0.3 is 5.69 Å². The zero-order valence-electron chi connectivity index (χ0n) is 16.5. The van der Waals surface area contributed by atoms with Crippen LogP contribution in [0.5, 0.6) is 0 Å². The van der Waals surface area contributed by atoms with Gasteiger partial charge in [-0.2, -0.15) is 0 Å². The lowest BCUT2D eigenvalue weighted by molar-refractivity contribution is 0.208. The predicted octanol–water partition coefficient (Wildman–Crippen LogP) is 0.684. The molecule has 154 valence electrons. The Morgan fingerprint density at radius 1 is 1.07 bits per heavy atom. The minimum Gasteiger partial charge on any atom is -0.320 e. The van der Waals surface area contributed by atoms with Crippen LogP contribution in [0.1, 0.15) is 11.5 Å². The summed E-state index contributed by atoms with van der Waals surface area (Å²) in [5.41, 5.74) is 1.93. The van der Waals surface area contributed by atoms with Gasteiger partial charge in [0.25, 0.3) is 5.56 Å². The fourth-order valence-corrected chi connectivity index (χ4v) is 3.95. The van der Waals surface area contributed by atoms with Gasteiger partial charge in [0.05, 0.1) is 24.1 Å². The molecular formula is C19H19ClN8O2. The Kier molecular flexibility index (Phi) is 4.33. The lowest BCUT2D eigenvalue weighted by Crippen LogP contribution is -2.38. The highest BCUT2D eigenvalue weighted by Gasteiger charge is 2.24. The summed E-state index contributed by atoms with van der Waals surface area (Å²) >= 11 is 5.94. The summed E-state index contributed by atoms with van der Waals surface area (Å²) in [5, 5.41) is 9.14. The minimum atomic E-state index is -0.376. The Bertz CT molecular complexity index is 1380. The predicted molar refractivity (Wildman–Crippen MR) is 111 cm³/mol. The second-order valence-electron chi connectivity index (χ2n) is 7.40. The molecule has 1 aliphatic rings. The highest BCUT2D eigenvalue weighted by Crippen LogP contribution is 2.19. The molecule has 0 amide bonds. The van der Waals surface area contributed by atoms with Crippen LogP contribution in [0.3, 0.4) is 0 Å². The standard InChI is InChI=1S/C19H19ClN8O2/c1-24-17-16(18(29)25(2)19(24)30)27-8-7-26(11-15(27)21-17)9-13-10-28(23-22-13)14-5-3-12(20)4-6-14/h3-6,10H,7-9,11H2,1-2H3. The van der Waals surface area contributed by atoms with Crippen molar-refractivity contribution in [3.63, 3.8) is 0 Å². The molecule has 4 aromatic rings. The van der Waals surface area contributed by atoms with Crippen molar-refractivity contribution in [3.8, 4) is 5.69 Å². The maximum atomic E-state index is 12.6. The lowest BCUT2D eigenvalue weighted by atomic mass is 10.3. The van der Waals surface area contributed by atoms with Gasteiger partial charge in [0.2, 0.25) is 0 Å². The average Bonchev–Trinajstić information content (AvgIpc) is 3.36. The molecule has 1 aromatic carbocycles. The molecule has 0 atom stereocenters. The van der Waals surface area contributed by atoms with E-state index in [-0.39, 0.29) is 11.2 Å². The third-order valence-corrected chi connectivity index (χ3v) is 5.70. The van der Waals surface area contributed by atoms with Gasteiger partial charge in [-0.05, 0) is 24.3 Å². The average molecular weight is 427 g/mol. The van der Waals surface area contributed by atoms with Crippen molar-refractivity contribution in [2.24, 2.45) is 14.1 Å². The Labute approximate surface area is 175 Å². The monoisotopic (exact) mass is 426 g/mol. The summed E-state index contributed by atoms with van der Waals surface area (Å²) in [6.45, 7) is 2.51. The summed E-state index contributed by atoms with van der Waals surface area (Å²) < 4.78 is 6.17. The number of hydrogen-bond donors (Lipinski definition) is 0. The number of rotatable bonds is 3. The van der Waals surface area contributed by atoms with E-state index in [0.29, 0.717) is 35.8 Å². The largest absolute Gasteiger partial charge is 0.332 e. The minimum absolute atomic E-state index is 0.314. The van der Waals surface area contributed by atoms with Crippen LogP contribution in [0.25, 0.3) is 16.9 Å². The van der Waals surface area contributed by atoms with Crippen molar-refractivity contribution >= 4 is 22.8 Å². The lowest BCUT2D eigenvalue weighted by Gasteiger charge is -2.26. The maximum Gasteiger partial charge on any atom is 0.332 e. The summed E-state index contributed by atoms with van der Waals surface area (Å²) in [7, 11) is 3.12. The summed E-state index contributed by atoms with van der Waals surface area (Å²) in [6.07, 6.45) is 1.89. The second kappa shape index (κ2) is 6.92. The van der Waals surface area contributed by atoms with Crippen LogP contribution in [0.15, 0.2) is 40.1 Å². The highest BCUT2D eigenvalue weighted by atomic mass is 35.5. The molecule has 11 heteroatoms. The quantitative estimate of drug-likeness (QED) is 0.478. The molecule has 4 heterocycles. The third kappa shape index (κ3) is 2.96. The topological polar surface area (TPSA) is 95.8 Å². The van der Waals surface area contributed by atoms with Crippen molar-refractivity contribution in [2.45, 2.75) is 19.6 Å². The van der Waals surface area contributed by atoms with Crippen LogP contribution in [0.4, 0.5) is 0 Å². The van der Waals surface area contributed by atoms with E-state index in [1.807, 2.05) is 35.0 Å². The fraction of sp³-hybridized carbons (Fsp3) is 0.316. The highest BCUT2D eigenvalue weighted by molar-refractivity contribution is 6.30. The molecule has 0 N–H and O–H groups in total. The first kappa shape index (κ1) is 18.8. The van der Waals surface area contributed by atoms with Gasteiger partial charge in [-0.25, -0.2) is 14.5 Å². The first-order valence-corrected chi connectivity index (χ1v) is 9.85.